The molecule has 0 unspecified atom stereocenters. The lowest BCUT2D eigenvalue weighted by atomic mass is 9.98. The van der Waals surface area contributed by atoms with Gasteiger partial charge < -0.3 is 14.6 Å². The van der Waals surface area contributed by atoms with E-state index < -0.39 is 18.7 Å². The van der Waals surface area contributed by atoms with Gasteiger partial charge in [0.25, 0.3) is 0 Å². The summed E-state index contributed by atoms with van der Waals surface area (Å²) in [6, 6.07) is 19.7. The Morgan fingerprint density at radius 1 is 0.935 bits per heavy atom. The Kier molecular flexibility index (Phi) is 5.62. The zero-order valence-electron chi connectivity index (χ0n) is 17.3. The standard InChI is InChI=1S/C25H23NO5/c1-15-11-17(30-14-23(27)28)12-16(2)24(15)26-25(29)31-13-22-20-9-5-3-7-18(20)19-8-4-6-10-21(19)22/h3-12,22H,13-14H2,1-2H3,(H,26,29)(H,27,28). The van der Waals surface area contributed by atoms with Crippen molar-refractivity contribution in [2.45, 2.75) is 19.8 Å². The van der Waals surface area contributed by atoms with Crippen LogP contribution < -0.4 is 10.1 Å². The highest BCUT2D eigenvalue weighted by molar-refractivity contribution is 5.87. The molecule has 3 aromatic carbocycles. The molecule has 0 saturated heterocycles. The molecule has 1 amide bonds. The summed E-state index contributed by atoms with van der Waals surface area (Å²) < 4.78 is 10.8. The second-order valence-electron chi connectivity index (χ2n) is 7.57. The molecule has 4 rings (SSSR count). The fraction of sp³-hybridized carbons (Fsp3) is 0.200. The summed E-state index contributed by atoms with van der Waals surface area (Å²) in [7, 11) is 0. The molecule has 0 heterocycles. The number of carboxylic acids is 1. The van der Waals surface area contributed by atoms with Crippen molar-refractivity contribution in [3.05, 3.63) is 82.9 Å². The third-order valence-electron chi connectivity index (χ3n) is 5.44. The van der Waals surface area contributed by atoms with Crippen molar-refractivity contribution in [3.63, 3.8) is 0 Å². The number of nitrogens with one attached hydrogen (secondary N) is 1. The zero-order valence-corrected chi connectivity index (χ0v) is 17.3. The van der Waals surface area contributed by atoms with Gasteiger partial charge >= 0.3 is 12.1 Å². The normalized spacial score (nSPS) is 12.1. The summed E-state index contributed by atoms with van der Waals surface area (Å²) in [5, 5.41) is 11.6. The highest BCUT2D eigenvalue weighted by Gasteiger charge is 2.29. The summed E-state index contributed by atoms with van der Waals surface area (Å²) in [5.74, 6) is -0.612. The molecule has 0 saturated carbocycles. The molecule has 0 fully saturated rings. The molecule has 1 aliphatic rings. The molecule has 6 heteroatoms. The fourth-order valence-electron chi connectivity index (χ4n) is 4.09. The van der Waals surface area contributed by atoms with Gasteiger partial charge in [-0.1, -0.05) is 48.5 Å². The number of ether oxygens (including phenoxy) is 2. The van der Waals surface area contributed by atoms with Crippen LogP contribution in [0.3, 0.4) is 0 Å². The fourth-order valence-corrected chi connectivity index (χ4v) is 4.09. The Labute approximate surface area is 180 Å². The maximum atomic E-state index is 12.6. The lowest BCUT2D eigenvalue weighted by molar-refractivity contribution is -0.139. The number of rotatable bonds is 6. The lowest BCUT2D eigenvalue weighted by Crippen LogP contribution is -2.19. The molecule has 0 spiro atoms. The Hall–Kier alpha value is -3.80. The minimum atomic E-state index is -1.05. The van der Waals surface area contributed by atoms with E-state index in [1.807, 2.05) is 38.1 Å². The Morgan fingerprint density at radius 2 is 1.48 bits per heavy atom. The van der Waals surface area contributed by atoms with Gasteiger partial charge in [-0.3, -0.25) is 5.32 Å². The second kappa shape index (κ2) is 8.52. The predicted molar refractivity (Wildman–Crippen MR) is 118 cm³/mol. The molecule has 158 valence electrons. The topological polar surface area (TPSA) is 84.9 Å². The number of carboxylic acid groups (broad SMARTS) is 1. The van der Waals surface area contributed by atoms with Crippen molar-refractivity contribution in [3.8, 4) is 16.9 Å². The average Bonchev–Trinajstić information content (AvgIpc) is 3.07. The van der Waals surface area contributed by atoms with Crippen LogP contribution in [0.2, 0.25) is 0 Å². The SMILES string of the molecule is Cc1cc(OCC(=O)O)cc(C)c1NC(=O)OCC1c2ccccc2-c2ccccc21. The van der Waals surface area contributed by atoms with Crippen LogP contribution in [0.4, 0.5) is 10.5 Å². The van der Waals surface area contributed by atoms with E-state index in [9.17, 15) is 9.59 Å². The quantitative estimate of drug-likeness (QED) is 0.581. The van der Waals surface area contributed by atoms with E-state index in [0.29, 0.717) is 11.4 Å². The van der Waals surface area contributed by atoms with E-state index in [2.05, 4.69) is 29.6 Å². The molecule has 0 aromatic heterocycles. The number of fused-ring (bicyclic) bond motifs is 3. The molecular weight excluding hydrogens is 394 g/mol. The average molecular weight is 417 g/mol. The van der Waals surface area contributed by atoms with Crippen molar-refractivity contribution in [2.24, 2.45) is 0 Å². The van der Waals surface area contributed by atoms with Crippen LogP contribution in [0.25, 0.3) is 11.1 Å². The number of aryl methyl sites for hydroxylation is 2. The minimum Gasteiger partial charge on any atom is -0.482 e. The molecule has 31 heavy (non-hydrogen) atoms. The van der Waals surface area contributed by atoms with Gasteiger partial charge in [-0.2, -0.15) is 0 Å². The first-order chi connectivity index (χ1) is 14.9. The Bertz CT molecular complexity index is 1090. The summed E-state index contributed by atoms with van der Waals surface area (Å²) in [6.45, 7) is 3.45. The number of amides is 1. The van der Waals surface area contributed by atoms with E-state index in [1.165, 1.54) is 11.1 Å². The summed E-state index contributed by atoms with van der Waals surface area (Å²) in [6.07, 6.45) is -0.535. The molecule has 2 N–H and O–H groups in total. The van der Waals surface area contributed by atoms with Crippen molar-refractivity contribution in [1.82, 2.24) is 0 Å². The molecule has 0 atom stereocenters. The maximum Gasteiger partial charge on any atom is 0.411 e. The molecule has 0 radical (unpaired) electrons. The van der Waals surface area contributed by atoms with Gasteiger partial charge in [-0.05, 0) is 59.4 Å². The Balaban J connectivity index is 1.45. The van der Waals surface area contributed by atoms with Gasteiger partial charge in [0, 0.05) is 5.92 Å². The van der Waals surface area contributed by atoms with Crippen LogP contribution in [-0.4, -0.2) is 30.4 Å². The number of anilines is 1. The first kappa shape index (κ1) is 20.5. The predicted octanol–water partition coefficient (Wildman–Crippen LogP) is 5.13. The van der Waals surface area contributed by atoms with Crippen LogP contribution in [-0.2, 0) is 9.53 Å². The summed E-state index contributed by atoms with van der Waals surface area (Å²) >= 11 is 0. The first-order valence-corrected chi connectivity index (χ1v) is 10.0. The zero-order chi connectivity index (χ0) is 22.0. The van der Waals surface area contributed by atoms with Gasteiger partial charge in [0.1, 0.15) is 12.4 Å². The van der Waals surface area contributed by atoms with Gasteiger partial charge in [0.15, 0.2) is 6.61 Å². The summed E-state index contributed by atoms with van der Waals surface area (Å²) in [5.41, 5.74) is 6.81. The summed E-state index contributed by atoms with van der Waals surface area (Å²) in [4.78, 5) is 23.2. The van der Waals surface area contributed by atoms with E-state index in [1.54, 1.807) is 12.1 Å². The van der Waals surface area contributed by atoms with E-state index >= 15 is 0 Å². The van der Waals surface area contributed by atoms with Crippen LogP contribution in [0, 0.1) is 13.8 Å². The largest absolute Gasteiger partial charge is 0.482 e. The smallest absolute Gasteiger partial charge is 0.411 e. The highest BCUT2D eigenvalue weighted by atomic mass is 16.5. The van der Waals surface area contributed by atoms with Crippen LogP contribution in [0.1, 0.15) is 28.2 Å². The third kappa shape index (κ3) is 4.23. The van der Waals surface area contributed by atoms with E-state index in [0.717, 1.165) is 22.3 Å². The van der Waals surface area contributed by atoms with Gasteiger partial charge in [-0.25, -0.2) is 9.59 Å². The molecule has 3 aromatic rings. The van der Waals surface area contributed by atoms with Gasteiger partial charge in [0.05, 0.1) is 5.69 Å². The van der Waals surface area contributed by atoms with Crippen molar-refractivity contribution < 1.29 is 24.2 Å². The van der Waals surface area contributed by atoms with Crippen LogP contribution >= 0.6 is 0 Å². The molecule has 0 bridgehead atoms. The van der Waals surface area contributed by atoms with Crippen LogP contribution in [0.15, 0.2) is 60.7 Å². The molecule has 0 aliphatic heterocycles. The minimum absolute atomic E-state index is 0.00728. The highest BCUT2D eigenvalue weighted by Crippen LogP contribution is 2.44. The number of carbonyl (C=O) groups is 2. The van der Waals surface area contributed by atoms with Gasteiger partial charge in [-0.15, -0.1) is 0 Å². The number of aliphatic carboxylic acids is 1. The Morgan fingerprint density at radius 3 is 2.03 bits per heavy atom. The molecular formula is C25H23NO5. The number of hydrogen-bond donors (Lipinski definition) is 2. The van der Waals surface area contributed by atoms with E-state index in [4.69, 9.17) is 14.6 Å². The number of benzene rings is 3. The van der Waals surface area contributed by atoms with Crippen molar-refractivity contribution in [1.29, 1.82) is 0 Å². The molecule has 6 nitrogen and oxygen atoms in total. The first-order valence-electron chi connectivity index (χ1n) is 10.0. The number of carbonyl (C=O) groups excluding carboxylic acids is 1. The van der Waals surface area contributed by atoms with Crippen molar-refractivity contribution >= 4 is 17.7 Å². The second-order valence-corrected chi connectivity index (χ2v) is 7.57. The molecule has 1 aliphatic carbocycles. The van der Waals surface area contributed by atoms with Crippen LogP contribution in [0.5, 0.6) is 5.75 Å². The lowest BCUT2D eigenvalue weighted by Gasteiger charge is -2.17. The van der Waals surface area contributed by atoms with Crippen molar-refractivity contribution in [2.75, 3.05) is 18.5 Å². The number of hydrogen-bond acceptors (Lipinski definition) is 4. The third-order valence-corrected chi connectivity index (χ3v) is 5.44. The van der Waals surface area contributed by atoms with Gasteiger partial charge in [0.2, 0.25) is 0 Å². The monoisotopic (exact) mass is 417 g/mol. The maximum absolute atomic E-state index is 12.6. The van der Waals surface area contributed by atoms with E-state index in [-0.39, 0.29) is 12.5 Å².